The molecule has 6 N–H and O–H groups in total. The summed E-state index contributed by atoms with van der Waals surface area (Å²) in [5.41, 5.74) is -1.58. The average Bonchev–Trinajstić information content (AvgIpc) is 0.812. The second kappa shape index (κ2) is 39.7. The second-order valence-electron chi connectivity index (χ2n) is 29.7. The lowest BCUT2D eigenvalue weighted by molar-refractivity contribution is -0.157. The molecule has 25 nitrogen and oxygen atoms in total. The number of nitrogens with zero attached hydrogens (tertiary/aromatic N) is 8. The highest BCUT2D eigenvalue weighted by Gasteiger charge is 2.47. The molecule has 0 aromatic carbocycles. The first-order chi connectivity index (χ1) is 44.5. The summed E-state index contributed by atoms with van der Waals surface area (Å²) in [7, 11) is 9.92. The molecule has 0 saturated carbocycles. The third-order valence-corrected chi connectivity index (χ3v) is 19.9. The van der Waals surface area contributed by atoms with Gasteiger partial charge in [0.1, 0.15) is 60.4 Å². The zero-order valence-electron chi connectivity index (χ0n) is 62.8. The fraction of sp³-hybridized carbons (Fsp3) is 0.814. The number of hydrogen-bond acceptors (Lipinski definition) is 15. The maximum absolute atomic E-state index is 15.4. The van der Waals surface area contributed by atoms with Crippen LogP contribution in [0, 0.1) is 35.5 Å². The van der Waals surface area contributed by atoms with Gasteiger partial charge in [-0.3, -0.25) is 52.7 Å². The van der Waals surface area contributed by atoms with Crippen molar-refractivity contribution in [1.82, 2.24) is 60.5 Å². The van der Waals surface area contributed by atoms with E-state index in [4.69, 9.17) is 0 Å². The summed E-state index contributed by atoms with van der Waals surface area (Å²) in [6.45, 7) is 31.6. The van der Waals surface area contributed by atoms with E-state index in [0.717, 1.165) is 48.7 Å². The summed E-state index contributed by atoms with van der Waals surface area (Å²) >= 11 is 1.17. The van der Waals surface area contributed by atoms with Crippen molar-refractivity contribution in [2.24, 2.45) is 35.5 Å². The molecule has 26 heteroatoms. The van der Waals surface area contributed by atoms with Crippen molar-refractivity contribution >= 4 is 76.7 Å². The van der Waals surface area contributed by atoms with Gasteiger partial charge in [0, 0.05) is 55.8 Å². The molecule has 11 amide bonds. The number of piperidine rings is 1. The summed E-state index contributed by atoms with van der Waals surface area (Å²) < 4.78 is 0. The molecule has 2 saturated heterocycles. The molecule has 2 rings (SSSR count). The number of carbonyl (C=O) groups is 11. The van der Waals surface area contributed by atoms with Crippen LogP contribution in [-0.4, -0.2) is 267 Å². The summed E-state index contributed by atoms with van der Waals surface area (Å²) in [6.07, 6.45) is 6.28. The number of nitrogens with one attached hydrogen (secondary N) is 4. The fourth-order valence-electron chi connectivity index (χ4n) is 12.5. The van der Waals surface area contributed by atoms with Crippen molar-refractivity contribution in [3.63, 3.8) is 0 Å². The van der Waals surface area contributed by atoms with Crippen molar-refractivity contribution in [3.8, 4) is 0 Å². The number of thioether (sulfide) groups is 1. The van der Waals surface area contributed by atoms with E-state index in [1.807, 2.05) is 47.6 Å². The minimum atomic E-state index is -1.66. The molecule has 0 aromatic rings. The Morgan fingerprint density at radius 1 is 0.521 bits per heavy atom. The highest BCUT2D eigenvalue weighted by Crippen LogP contribution is 2.28. The number of aliphatic hydroxyl groups is 2. The van der Waals surface area contributed by atoms with E-state index in [2.05, 4.69) is 26.2 Å². The van der Waals surface area contributed by atoms with Crippen LogP contribution in [0.4, 0.5) is 0 Å². The van der Waals surface area contributed by atoms with E-state index in [-0.39, 0.29) is 49.9 Å². The maximum atomic E-state index is 15.4. The molecule has 550 valence electrons. The van der Waals surface area contributed by atoms with E-state index in [0.29, 0.717) is 18.6 Å². The maximum Gasteiger partial charge on any atom is 0.256 e. The van der Waals surface area contributed by atoms with Gasteiger partial charge in [-0.15, -0.1) is 11.8 Å². The summed E-state index contributed by atoms with van der Waals surface area (Å²) in [6, 6.07) is -13.1. The highest BCUT2D eigenvalue weighted by atomic mass is 32.2. The lowest BCUT2D eigenvalue weighted by Crippen LogP contribution is -2.64. The molecule has 2 heterocycles. The largest absolute Gasteiger partial charge is 0.390 e. The van der Waals surface area contributed by atoms with Crippen molar-refractivity contribution in [3.05, 3.63) is 12.2 Å². The van der Waals surface area contributed by atoms with Gasteiger partial charge in [0.15, 0.2) is 5.37 Å². The molecule has 0 bridgehead atoms. The lowest BCUT2D eigenvalue weighted by Gasteiger charge is -2.41. The topological polar surface area (TPSA) is 302 Å². The third-order valence-electron chi connectivity index (χ3n) is 18.5. The molecule has 13 atom stereocenters. The van der Waals surface area contributed by atoms with Crippen molar-refractivity contribution in [2.75, 3.05) is 74.7 Å². The van der Waals surface area contributed by atoms with E-state index < -0.39 is 160 Å². The van der Waals surface area contributed by atoms with Gasteiger partial charge in [0.05, 0.1) is 11.7 Å². The van der Waals surface area contributed by atoms with Gasteiger partial charge >= 0.3 is 0 Å². The zero-order chi connectivity index (χ0) is 73.7. The minimum Gasteiger partial charge on any atom is -0.390 e. The van der Waals surface area contributed by atoms with Crippen molar-refractivity contribution in [2.45, 2.75) is 259 Å². The first kappa shape index (κ1) is 86.2. The molecule has 2 aliphatic rings. The number of aliphatic hydroxyl groups excluding tert-OH is 1. The molecule has 2 aliphatic heterocycles. The molecule has 0 radical (unpaired) electrons. The number of amides is 11. The van der Waals surface area contributed by atoms with Crippen molar-refractivity contribution < 1.29 is 63.0 Å². The Balaban J connectivity index is 3.12. The summed E-state index contributed by atoms with van der Waals surface area (Å²) in [4.78, 5) is 175. The molecule has 0 unspecified atom stereocenters. The Morgan fingerprint density at radius 2 is 0.990 bits per heavy atom. The first-order valence-corrected chi connectivity index (χ1v) is 36.0. The van der Waals surface area contributed by atoms with E-state index in [1.165, 1.54) is 113 Å². The van der Waals surface area contributed by atoms with E-state index in [9.17, 15) is 29.4 Å². The predicted molar refractivity (Wildman–Crippen MR) is 376 cm³/mol. The van der Waals surface area contributed by atoms with Gasteiger partial charge in [0.2, 0.25) is 59.1 Å². The third kappa shape index (κ3) is 24.8. The minimum absolute atomic E-state index is 0.0211. The van der Waals surface area contributed by atoms with Gasteiger partial charge < -0.3 is 70.7 Å². The molecule has 0 aromatic heterocycles. The van der Waals surface area contributed by atoms with Gasteiger partial charge in [-0.2, -0.15) is 0 Å². The van der Waals surface area contributed by atoms with E-state index in [1.54, 1.807) is 54.5 Å². The number of likely N-dealkylation sites (N-methyl/N-ethyl adjacent to an activating group) is 7. The zero-order valence-corrected chi connectivity index (χ0v) is 63.6. The van der Waals surface area contributed by atoms with Crippen LogP contribution in [0.2, 0.25) is 0 Å². The smallest absolute Gasteiger partial charge is 0.256 e. The van der Waals surface area contributed by atoms with Gasteiger partial charge in [0.25, 0.3) is 5.91 Å². The van der Waals surface area contributed by atoms with Crippen LogP contribution in [0.15, 0.2) is 12.2 Å². The normalized spacial score (nSPS) is 27.3. The van der Waals surface area contributed by atoms with Crippen LogP contribution in [0.5, 0.6) is 0 Å². The Kier molecular flexibility index (Phi) is 35.6. The van der Waals surface area contributed by atoms with Crippen molar-refractivity contribution in [1.29, 1.82) is 0 Å². The fourth-order valence-corrected chi connectivity index (χ4v) is 13.7. The van der Waals surface area contributed by atoms with Crippen LogP contribution in [0.3, 0.4) is 0 Å². The van der Waals surface area contributed by atoms with Crippen LogP contribution < -0.4 is 21.3 Å². The molecule has 0 aliphatic carbocycles. The average molecular weight is 1380 g/mol. The Bertz CT molecular complexity index is 2630. The molecular formula is C70H126N12O13S. The summed E-state index contributed by atoms with van der Waals surface area (Å²) in [5, 5.41) is 33.5. The number of rotatable bonds is 20. The predicted octanol–water partition coefficient (Wildman–Crippen LogP) is 4.32. The highest BCUT2D eigenvalue weighted by molar-refractivity contribution is 8.00. The molecule has 0 spiro atoms. The second-order valence-corrected chi connectivity index (χ2v) is 30.8. The number of hydrogen-bond donors (Lipinski definition) is 6. The SMILES string of the molecule is C/C=C/C[C@@H](C)[C@@H](O)[C@H]1C(=O)N[C@@H](CC)C(=O)N(C)[C@H](SCCCN2CCCCC2)C(=O)N(C)[C@@H](CC(C)(C)O)C(=O)N[C@@H](C(C)C)C(=O)N(C)[C@@H](CC(C)C)C(=O)N[C@@H](C)C(=O)N[C@H](C)C(=O)N(C)[C@@H](CC(C)C)C(=O)N(C)[C@@H](CC(C)C)C(=O)N(C)[C@@H](C(C)C)C(=O)N1C. The first-order valence-electron chi connectivity index (χ1n) is 34.9. The number of allylic oxidation sites excluding steroid dienone is 2. The molecule has 2 fully saturated rings. The molecule has 96 heavy (non-hydrogen) atoms. The van der Waals surface area contributed by atoms with Gasteiger partial charge in [-0.05, 0) is 147 Å². The number of carbonyl (C=O) groups excluding carboxylic acids is 11. The summed E-state index contributed by atoms with van der Waals surface area (Å²) in [5.74, 6) is -9.83. The van der Waals surface area contributed by atoms with Crippen LogP contribution in [0.1, 0.15) is 182 Å². The van der Waals surface area contributed by atoms with Crippen LogP contribution in [0.25, 0.3) is 0 Å². The Morgan fingerprint density at radius 3 is 1.48 bits per heavy atom. The van der Waals surface area contributed by atoms with Gasteiger partial charge in [-0.1, -0.05) is 102 Å². The van der Waals surface area contributed by atoms with Crippen LogP contribution >= 0.6 is 11.8 Å². The van der Waals surface area contributed by atoms with Crippen LogP contribution in [-0.2, 0) is 52.7 Å². The number of likely N-dealkylation sites (tertiary alicyclic amines) is 1. The lowest BCUT2D eigenvalue weighted by atomic mass is 9.91. The Hall–Kier alpha value is -5.86. The van der Waals surface area contributed by atoms with Gasteiger partial charge in [-0.25, -0.2) is 0 Å². The monoisotopic (exact) mass is 1370 g/mol. The van der Waals surface area contributed by atoms with E-state index >= 15 is 33.6 Å². The molecular weight excluding hydrogens is 1250 g/mol. The quantitative estimate of drug-likeness (QED) is 0.0731. The standard InChI is InChI=1S/C70H126N12O13S/c1-25-27-32-46(13)57(83)56-61(87)73-49(26-2)63(89)81(24)69(96-36-31-35-82-33-29-28-30-34-82)68(94)78(21)53(40-70(16,17)95)60(86)74-54(44(9)10)66(92)75(18)50(37-41(3)4)59(85)71-47(14)58(84)72-48(15)62(88)76(19)51(38-42(5)6)64(90)77(20)52(39-43(7)8)65(91)79(22)55(45(11)12)67(93)80(56)23/h25,27,41-57,69,83,95H,26,28-40H2,1-24H3,(H,71,85)(H,72,84)(H,73,87)(H,74,86)/b27-25+/t46-,47+,48-,49+,50+,51+,52+,53+,54+,55+,56+,57-,69-/m1/s1. The Labute approximate surface area is 579 Å².